The van der Waals surface area contributed by atoms with Gasteiger partial charge in [-0.15, -0.1) is 0 Å². The molecule has 7 nitrogen and oxygen atoms in total. The second kappa shape index (κ2) is 4.45. The van der Waals surface area contributed by atoms with Crippen LogP contribution < -0.4 is 10.6 Å². The summed E-state index contributed by atoms with van der Waals surface area (Å²) in [5.74, 6) is -1.13. The number of hydrogen-bond acceptors (Lipinski definition) is 3. The van der Waals surface area contributed by atoms with E-state index in [4.69, 9.17) is 5.11 Å². The summed E-state index contributed by atoms with van der Waals surface area (Å²) >= 11 is 0. The molecule has 1 heterocycles. The first-order chi connectivity index (χ1) is 7.04. The van der Waals surface area contributed by atoms with Crippen LogP contribution in [-0.2, 0) is 11.8 Å². The van der Waals surface area contributed by atoms with Crippen LogP contribution >= 0.6 is 0 Å². The Balaban J connectivity index is 2.83. The molecule has 0 aromatic carbocycles. The predicted molar refractivity (Wildman–Crippen MR) is 51.2 cm³/mol. The standard InChI is InChI=1S/C8H12N4O3/c1-9-8(15)11-6(7(13)14)5-3-10-12(2)4-5/h3-4,6H,1-2H3,(H,13,14)(H2,9,11,15). The van der Waals surface area contributed by atoms with E-state index < -0.39 is 18.0 Å². The molecular formula is C8H12N4O3. The van der Waals surface area contributed by atoms with E-state index >= 15 is 0 Å². The third-order valence-corrected chi connectivity index (χ3v) is 1.81. The lowest BCUT2D eigenvalue weighted by Crippen LogP contribution is -2.39. The number of carbonyl (C=O) groups is 2. The summed E-state index contributed by atoms with van der Waals surface area (Å²) in [7, 11) is 3.08. The maximum absolute atomic E-state index is 11.0. The number of nitrogens with one attached hydrogen (secondary N) is 2. The number of hydrogen-bond donors (Lipinski definition) is 3. The van der Waals surface area contributed by atoms with Crippen LogP contribution in [0.1, 0.15) is 11.6 Å². The molecule has 0 saturated carbocycles. The Morgan fingerprint density at radius 3 is 2.67 bits per heavy atom. The molecule has 0 bridgehead atoms. The normalized spacial score (nSPS) is 11.9. The van der Waals surface area contributed by atoms with Crippen LogP contribution in [0.15, 0.2) is 12.4 Å². The van der Waals surface area contributed by atoms with Crippen LogP contribution in [0.2, 0.25) is 0 Å². The molecule has 82 valence electrons. The average molecular weight is 212 g/mol. The number of carboxylic acids is 1. The van der Waals surface area contributed by atoms with Gasteiger partial charge in [-0.05, 0) is 0 Å². The first-order valence-corrected chi connectivity index (χ1v) is 4.24. The van der Waals surface area contributed by atoms with Crippen molar-refractivity contribution in [1.29, 1.82) is 0 Å². The molecule has 0 aliphatic heterocycles. The van der Waals surface area contributed by atoms with E-state index in [0.29, 0.717) is 5.56 Å². The molecule has 3 N–H and O–H groups in total. The van der Waals surface area contributed by atoms with Crippen molar-refractivity contribution in [2.24, 2.45) is 7.05 Å². The highest BCUT2D eigenvalue weighted by Gasteiger charge is 2.22. The Morgan fingerprint density at radius 2 is 2.27 bits per heavy atom. The molecule has 1 rings (SSSR count). The minimum absolute atomic E-state index is 0.425. The average Bonchev–Trinajstić information content (AvgIpc) is 2.60. The Bertz CT molecular complexity index is 374. The molecule has 0 aliphatic carbocycles. The van der Waals surface area contributed by atoms with Gasteiger partial charge in [-0.2, -0.15) is 5.10 Å². The summed E-state index contributed by atoms with van der Waals surface area (Å²) in [6, 6.07) is -1.63. The molecule has 7 heteroatoms. The molecular weight excluding hydrogens is 200 g/mol. The molecule has 0 radical (unpaired) electrons. The third-order valence-electron chi connectivity index (χ3n) is 1.81. The lowest BCUT2D eigenvalue weighted by Gasteiger charge is -2.11. The van der Waals surface area contributed by atoms with Crippen molar-refractivity contribution in [3.05, 3.63) is 18.0 Å². The van der Waals surface area contributed by atoms with Gasteiger partial charge in [0.15, 0.2) is 6.04 Å². The van der Waals surface area contributed by atoms with Crippen molar-refractivity contribution >= 4 is 12.0 Å². The summed E-state index contributed by atoms with van der Waals surface area (Å²) in [4.78, 5) is 21.9. The van der Waals surface area contributed by atoms with E-state index in [1.807, 2.05) is 0 Å². The van der Waals surface area contributed by atoms with Crippen molar-refractivity contribution in [3.63, 3.8) is 0 Å². The lowest BCUT2D eigenvalue weighted by atomic mass is 10.2. The number of nitrogens with zero attached hydrogens (tertiary/aromatic N) is 2. The summed E-state index contributed by atoms with van der Waals surface area (Å²) in [6.45, 7) is 0. The Labute approximate surface area is 86.1 Å². The van der Waals surface area contributed by atoms with Crippen LogP contribution in [0.4, 0.5) is 4.79 Å². The van der Waals surface area contributed by atoms with Crippen LogP contribution in [0, 0.1) is 0 Å². The van der Waals surface area contributed by atoms with Crippen molar-refractivity contribution < 1.29 is 14.7 Å². The fraction of sp³-hybridized carbons (Fsp3) is 0.375. The zero-order valence-electron chi connectivity index (χ0n) is 8.39. The largest absolute Gasteiger partial charge is 0.479 e. The maximum Gasteiger partial charge on any atom is 0.331 e. The lowest BCUT2D eigenvalue weighted by molar-refractivity contribution is -0.139. The van der Waals surface area contributed by atoms with Gasteiger partial charge in [0.1, 0.15) is 0 Å². The second-order valence-electron chi connectivity index (χ2n) is 2.94. The summed E-state index contributed by atoms with van der Waals surface area (Å²) in [5, 5.41) is 17.3. The minimum atomic E-state index is -1.13. The van der Waals surface area contributed by atoms with Gasteiger partial charge in [0.2, 0.25) is 0 Å². The van der Waals surface area contributed by atoms with Gasteiger partial charge in [-0.25, -0.2) is 9.59 Å². The number of aromatic nitrogens is 2. The highest BCUT2D eigenvalue weighted by molar-refractivity contribution is 5.83. The van der Waals surface area contributed by atoms with Crippen molar-refractivity contribution in [2.45, 2.75) is 6.04 Å². The molecule has 0 aliphatic rings. The Kier molecular flexibility index (Phi) is 3.27. The zero-order chi connectivity index (χ0) is 11.4. The van der Waals surface area contributed by atoms with E-state index in [1.165, 1.54) is 24.1 Å². The Morgan fingerprint density at radius 1 is 1.60 bits per heavy atom. The maximum atomic E-state index is 11.0. The fourth-order valence-corrected chi connectivity index (χ4v) is 1.08. The van der Waals surface area contributed by atoms with Crippen molar-refractivity contribution in [1.82, 2.24) is 20.4 Å². The van der Waals surface area contributed by atoms with Gasteiger partial charge in [0, 0.05) is 25.9 Å². The number of aryl methyl sites for hydroxylation is 1. The van der Waals surface area contributed by atoms with Gasteiger partial charge in [0.05, 0.1) is 6.20 Å². The van der Waals surface area contributed by atoms with Crippen LogP contribution in [0.5, 0.6) is 0 Å². The molecule has 2 amide bonds. The first kappa shape index (κ1) is 11.0. The summed E-state index contributed by atoms with van der Waals surface area (Å²) in [5.41, 5.74) is 0.425. The molecule has 0 fully saturated rings. The summed E-state index contributed by atoms with van der Waals surface area (Å²) < 4.78 is 1.47. The second-order valence-corrected chi connectivity index (χ2v) is 2.94. The molecule has 1 unspecified atom stereocenters. The van der Waals surface area contributed by atoms with Gasteiger partial charge in [-0.3, -0.25) is 4.68 Å². The monoisotopic (exact) mass is 212 g/mol. The number of carbonyl (C=O) groups excluding carboxylic acids is 1. The molecule has 0 saturated heterocycles. The van der Waals surface area contributed by atoms with E-state index in [-0.39, 0.29) is 0 Å². The molecule has 0 spiro atoms. The highest BCUT2D eigenvalue weighted by Crippen LogP contribution is 2.11. The summed E-state index contributed by atoms with van der Waals surface area (Å²) in [6.07, 6.45) is 2.93. The Hall–Kier alpha value is -2.05. The van der Waals surface area contributed by atoms with E-state index in [0.717, 1.165) is 0 Å². The van der Waals surface area contributed by atoms with Gasteiger partial charge >= 0.3 is 12.0 Å². The molecule has 15 heavy (non-hydrogen) atoms. The van der Waals surface area contributed by atoms with Crippen LogP contribution in [0.25, 0.3) is 0 Å². The van der Waals surface area contributed by atoms with E-state index in [2.05, 4.69) is 15.7 Å². The smallest absolute Gasteiger partial charge is 0.331 e. The number of carboxylic acid groups (broad SMARTS) is 1. The molecule has 1 atom stereocenters. The first-order valence-electron chi connectivity index (χ1n) is 4.24. The van der Waals surface area contributed by atoms with Gasteiger partial charge in [-0.1, -0.05) is 0 Å². The van der Waals surface area contributed by atoms with Gasteiger partial charge < -0.3 is 15.7 Å². The van der Waals surface area contributed by atoms with E-state index in [1.54, 1.807) is 7.05 Å². The highest BCUT2D eigenvalue weighted by atomic mass is 16.4. The quantitative estimate of drug-likeness (QED) is 0.627. The van der Waals surface area contributed by atoms with E-state index in [9.17, 15) is 9.59 Å². The van der Waals surface area contributed by atoms with Crippen LogP contribution in [-0.4, -0.2) is 33.9 Å². The van der Waals surface area contributed by atoms with Crippen molar-refractivity contribution in [3.8, 4) is 0 Å². The minimum Gasteiger partial charge on any atom is -0.479 e. The van der Waals surface area contributed by atoms with Crippen LogP contribution in [0.3, 0.4) is 0 Å². The van der Waals surface area contributed by atoms with Crippen molar-refractivity contribution in [2.75, 3.05) is 7.05 Å². The number of aliphatic carboxylic acids is 1. The zero-order valence-corrected chi connectivity index (χ0v) is 8.39. The fourth-order valence-electron chi connectivity index (χ4n) is 1.08. The number of rotatable bonds is 3. The molecule has 1 aromatic heterocycles. The number of urea groups is 1. The molecule has 1 aromatic rings. The number of amides is 2. The predicted octanol–water partition coefficient (Wildman–Crippen LogP) is -0.525. The third kappa shape index (κ3) is 2.70. The topological polar surface area (TPSA) is 96.2 Å². The van der Waals surface area contributed by atoms with Gasteiger partial charge in [0.25, 0.3) is 0 Å². The SMILES string of the molecule is CNC(=O)NC(C(=O)O)c1cnn(C)c1.